The van der Waals surface area contributed by atoms with Crippen LogP contribution in [0.2, 0.25) is 5.02 Å². The van der Waals surface area contributed by atoms with Crippen LogP contribution in [0.15, 0.2) is 34.7 Å². The molecule has 0 fully saturated rings. The third kappa shape index (κ3) is 3.86. The Bertz CT molecular complexity index is 945. The number of Topliss-reactive ketones (excluding diaryl/α,β-unsaturated/α-hetero) is 1. The number of rotatable bonds is 4. The van der Waals surface area contributed by atoms with Crippen molar-refractivity contribution in [2.45, 2.75) is 46.5 Å². The van der Waals surface area contributed by atoms with Gasteiger partial charge in [0.25, 0.3) is 0 Å². The average molecular weight is 420 g/mol. The number of aromatic hydroxyl groups is 1. The maximum atomic E-state index is 13.2. The van der Waals surface area contributed by atoms with Crippen molar-refractivity contribution in [1.29, 1.82) is 0 Å². The maximum absolute atomic E-state index is 13.2. The van der Waals surface area contributed by atoms with Crippen LogP contribution in [0.1, 0.15) is 52.0 Å². The lowest BCUT2D eigenvalue weighted by molar-refractivity contribution is -0.136. The van der Waals surface area contributed by atoms with Crippen LogP contribution in [0.25, 0.3) is 0 Å². The number of methoxy groups -OCH3 is 1. The Morgan fingerprint density at radius 1 is 1.34 bits per heavy atom. The van der Waals surface area contributed by atoms with E-state index in [0.29, 0.717) is 41.9 Å². The molecule has 2 aliphatic rings. The zero-order chi connectivity index (χ0) is 21.5. The molecule has 1 aliphatic carbocycles. The Morgan fingerprint density at radius 2 is 2.03 bits per heavy atom. The van der Waals surface area contributed by atoms with Gasteiger partial charge in [-0.25, -0.2) is 4.79 Å². The van der Waals surface area contributed by atoms with Crippen molar-refractivity contribution in [3.8, 4) is 11.5 Å². The van der Waals surface area contributed by atoms with Gasteiger partial charge in [-0.2, -0.15) is 0 Å². The van der Waals surface area contributed by atoms with Gasteiger partial charge >= 0.3 is 5.97 Å². The van der Waals surface area contributed by atoms with Crippen molar-refractivity contribution in [2.75, 3.05) is 13.7 Å². The van der Waals surface area contributed by atoms with Crippen LogP contribution in [0.3, 0.4) is 0 Å². The van der Waals surface area contributed by atoms with Crippen LogP contribution >= 0.6 is 11.6 Å². The van der Waals surface area contributed by atoms with Crippen molar-refractivity contribution in [3.63, 3.8) is 0 Å². The van der Waals surface area contributed by atoms with Gasteiger partial charge in [-0.05, 0) is 43.4 Å². The standard InChI is InChI=1S/C22H26ClNO5/c1-6-29-16-8-12(7-13(23)20(16)26)18-17(21(27)28-5)11(2)24-14-9-22(3,4)10-15(25)19(14)18/h7-8,18,24,26H,6,9-10H2,1-5H3. The van der Waals surface area contributed by atoms with Crippen LogP contribution in [-0.2, 0) is 14.3 Å². The van der Waals surface area contributed by atoms with E-state index in [9.17, 15) is 14.7 Å². The number of hydrogen-bond acceptors (Lipinski definition) is 6. The summed E-state index contributed by atoms with van der Waals surface area (Å²) in [6.45, 7) is 8.01. The van der Waals surface area contributed by atoms with Gasteiger partial charge in [-0.15, -0.1) is 0 Å². The molecule has 0 radical (unpaired) electrons. The molecule has 1 atom stereocenters. The highest BCUT2D eigenvalue weighted by Crippen LogP contribution is 2.48. The van der Waals surface area contributed by atoms with E-state index in [-0.39, 0.29) is 27.7 Å². The summed E-state index contributed by atoms with van der Waals surface area (Å²) in [5.74, 6) is -1.16. The Hall–Kier alpha value is -2.47. The summed E-state index contributed by atoms with van der Waals surface area (Å²) >= 11 is 6.25. The molecule has 0 aromatic heterocycles. The van der Waals surface area contributed by atoms with Gasteiger partial charge in [-0.3, -0.25) is 4.79 Å². The van der Waals surface area contributed by atoms with Gasteiger partial charge < -0.3 is 19.9 Å². The second kappa shape index (κ2) is 7.75. The molecule has 0 bridgehead atoms. The number of ether oxygens (including phenoxy) is 2. The number of halogens is 1. The SMILES string of the molecule is CCOc1cc(C2C(C(=O)OC)=C(C)NC3=C2C(=O)CC(C)(C)C3)cc(Cl)c1O. The summed E-state index contributed by atoms with van der Waals surface area (Å²) in [4.78, 5) is 25.8. The summed E-state index contributed by atoms with van der Waals surface area (Å²) < 4.78 is 10.5. The maximum Gasteiger partial charge on any atom is 0.336 e. The number of hydrogen-bond donors (Lipinski definition) is 2. The van der Waals surface area contributed by atoms with Crippen LogP contribution < -0.4 is 10.1 Å². The van der Waals surface area contributed by atoms with Crippen molar-refractivity contribution in [2.24, 2.45) is 5.41 Å². The third-order valence-corrected chi connectivity index (χ3v) is 5.62. The number of dihydropyridines is 1. The third-order valence-electron chi connectivity index (χ3n) is 5.33. The minimum absolute atomic E-state index is 0.0233. The summed E-state index contributed by atoms with van der Waals surface area (Å²) in [5.41, 5.74) is 2.75. The minimum Gasteiger partial charge on any atom is -0.503 e. The predicted molar refractivity (Wildman–Crippen MR) is 110 cm³/mol. The van der Waals surface area contributed by atoms with E-state index in [1.165, 1.54) is 7.11 Å². The highest BCUT2D eigenvalue weighted by Gasteiger charge is 2.43. The number of carbonyl (C=O) groups excluding carboxylic acids is 2. The molecule has 1 heterocycles. The molecule has 1 aromatic carbocycles. The molecule has 1 aliphatic heterocycles. The Labute approximate surface area is 175 Å². The topological polar surface area (TPSA) is 84.9 Å². The predicted octanol–water partition coefficient (Wildman–Crippen LogP) is 4.22. The molecule has 0 amide bonds. The van der Waals surface area contributed by atoms with E-state index in [1.54, 1.807) is 26.0 Å². The number of carbonyl (C=O) groups is 2. The molecule has 0 saturated carbocycles. The second-order valence-corrected chi connectivity index (χ2v) is 8.61. The molecule has 1 aromatic rings. The highest BCUT2D eigenvalue weighted by molar-refractivity contribution is 6.32. The summed E-state index contributed by atoms with van der Waals surface area (Å²) in [6, 6.07) is 3.21. The second-order valence-electron chi connectivity index (χ2n) is 8.20. The van der Waals surface area contributed by atoms with Gasteiger partial charge in [0.05, 0.1) is 24.3 Å². The number of phenolic OH excluding ortho intramolecular Hbond substituents is 1. The van der Waals surface area contributed by atoms with Gasteiger partial charge in [0.15, 0.2) is 17.3 Å². The van der Waals surface area contributed by atoms with E-state index in [4.69, 9.17) is 21.1 Å². The molecule has 1 unspecified atom stereocenters. The number of nitrogens with one attached hydrogen (secondary N) is 1. The van der Waals surface area contributed by atoms with E-state index in [0.717, 1.165) is 5.70 Å². The molecule has 3 rings (SSSR count). The van der Waals surface area contributed by atoms with Gasteiger partial charge in [0, 0.05) is 29.3 Å². The van der Waals surface area contributed by atoms with Crippen molar-refractivity contribution < 1.29 is 24.2 Å². The van der Waals surface area contributed by atoms with Crippen LogP contribution in [0, 0.1) is 5.41 Å². The summed E-state index contributed by atoms with van der Waals surface area (Å²) in [5, 5.41) is 13.6. The Balaban J connectivity index is 2.25. The Kier molecular flexibility index (Phi) is 5.68. The largest absolute Gasteiger partial charge is 0.503 e. The van der Waals surface area contributed by atoms with E-state index >= 15 is 0 Å². The van der Waals surface area contributed by atoms with Crippen LogP contribution in [0.4, 0.5) is 0 Å². The lowest BCUT2D eigenvalue weighted by Gasteiger charge is -2.39. The lowest BCUT2D eigenvalue weighted by Crippen LogP contribution is -2.38. The number of phenols is 1. The molecule has 0 saturated heterocycles. The Morgan fingerprint density at radius 3 is 2.66 bits per heavy atom. The molecular formula is C22H26ClNO5. The fourth-order valence-corrected chi connectivity index (χ4v) is 4.40. The van der Waals surface area contributed by atoms with Gasteiger partial charge in [-0.1, -0.05) is 25.4 Å². The summed E-state index contributed by atoms with van der Waals surface area (Å²) in [7, 11) is 1.31. The van der Waals surface area contributed by atoms with Gasteiger partial charge in [0.2, 0.25) is 0 Å². The quantitative estimate of drug-likeness (QED) is 0.711. The molecule has 0 spiro atoms. The van der Waals surface area contributed by atoms with E-state index in [2.05, 4.69) is 5.32 Å². The molecular weight excluding hydrogens is 394 g/mol. The first-order valence-corrected chi connectivity index (χ1v) is 9.95. The molecule has 156 valence electrons. The first kappa shape index (κ1) is 21.2. The molecule has 29 heavy (non-hydrogen) atoms. The summed E-state index contributed by atoms with van der Waals surface area (Å²) in [6.07, 6.45) is 1.06. The van der Waals surface area contributed by atoms with E-state index in [1.807, 2.05) is 13.8 Å². The normalized spacial score (nSPS) is 20.9. The van der Waals surface area contributed by atoms with Crippen molar-refractivity contribution in [3.05, 3.63) is 45.3 Å². The van der Waals surface area contributed by atoms with Crippen LogP contribution in [-0.4, -0.2) is 30.6 Å². The number of allylic oxidation sites excluding steroid dienone is 3. The highest BCUT2D eigenvalue weighted by atomic mass is 35.5. The van der Waals surface area contributed by atoms with Gasteiger partial charge in [0.1, 0.15) is 0 Å². The zero-order valence-corrected chi connectivity index (χ0v) is 18.1. The average Bonchev–Trinajstić information content (AvgIpc) is 2.62. The smallest absolute Gasteiger partial charge is 0.336 e. The van der Waals surface area contributed by atoms with Crippen molar-refractivity contribution >= 4 is 23.4 Å². The number of ketones is 1. The molecule has 2 N–H and O–H groups in total. The monoisotopic (exact) mass is 419 g/mol. The first-order valence-electron chi connectivity index (χ1n) is 9.57. The first-order chi connectivity index (χ1) is 13.6. The number of benzene rings is 1. The fourth-order valence-electron chi connectivity index (χ4n) is 4.18. The minimum atomic E-state index is -0.653. The fraction of sp³-hybridized carbons (Fsp3) is 0.455. The number of esters is 1. The van der Waals surface area contributed by atoms with E-state index < -0.39 is 11.9 Å². The molecule has 7 heteroatoms. The van der Waals surface area contributed by atoms with Crippen molar-refractivity contribution in [1.82, 2.24) is 5.32 Å². The lowest BCUT2D eigenvalue weighted by atomic mass is 9.68. The molecule has 6 nitrogen and oxygen atoms in total. The zero-order valence-electron chi connectivity index (χ0n) is 17.3. The van der Waals surface area contributed by atoms with Crippen LogP contribution in [0.5, 0.6) is 11.5 Å².